The highest BCUT2D eigenvalue weighted by Crippen LogP contribution is 2.23. The van der Waals surface area contributed by atoms with E-state index >= 15 is 0 Å². The number of hydrogen-bond acceptors (Lipinski definition) is 6. The first-order chi connectivity index (χ1) is 10.7. The van der Waals surface area contributed by atoms with Gasteiger partial charge in [-0.05, 0) is 25.5 Å². The van der Waals surface area contributed by atoms with Crippen LogP contribution in [0.5, 0.6) is 5.75 Å². The predicted molar refractivity (Wildman–Crippen MR) is 84.7 cm³/mol. The van der Waals surface area contributed by atoms with Crippen molar-refractivity contribution in [3.05, 3.63) is 35.6 Å². The highest BCUT2D eigenvalue weighted by molar-refractivity contribution is 8.02. The molecule has 0 saturated heterocycles. The molecule has 0 aliphatic heterocycles. The fraction of sp³-hybridized carbons (Fsp3) is 0.357. The van der Waals surface area contributed by atoms with E-state index in [1.54, 1.807) is 23.7 Å². The molecule has 0 aliphatic carbocycles. The van der Waals surface area contributed by atoms with Crippen LogP contribution >= 0.6 is 23.1 Å². The number of rotatable bonds is 8. The molecule has 2 rings (SSSR count). The molecule has 0 bridgehead atoms. The second-order valence-corrected chi connectivity index (χ2v) is 6.81. The first-order valence-corrected chi connectivity index (χ1v) is 8.50. The first-order valence-electron chi connectivity index (χ1n) is 6.74. The van der Waals surface area contributed by atoms with E-state index in [0.29, 0.717) is 19.6 Å². The summed E-state index contributed by atoms with van der Waals surface area (Å²) in [4.78, 5) is 11.9. The lowest BCUT2D eigenvalue weighted by atomic mass is 10.3. The van der Waals surface area contributed by atoms with E-state index in [1.165, 1.54) is 29.2 Å². The third kappa shape index (κ3) is 5.27. The summed E-state index contributed by atoms with van der Waals surface area (Å²) in [5.74, 6) is -0.214. The maximum atomic E-state index is 13.3. The minimum Gasteiger partial charge on any atom is -0.490 e. The van der Waals surface area contributed by atoms with Crippen molar-refractivity contribution in [3.63, 3.8) is 0 Å². The van der Waals surface area contributed by atoms with Crippen molar-refractivity contribution in [2.45, 2.75) is 22.9 Å². The monoisotopic (exact) mass is 341 g/mol. The lowest BCUT2D eigenvalue weighted by Crippen LogP contribution is -2.32. The fourth-order valence-electron chi connectivity index (χ4n) is 1.59. The number of benzene rings is 1. The molecular weight excluding hydrogens is 325 g/mol. The molecular formula is C14H16FN3O2S2. The van der Waals surface area contributed by atoms with Crippen LogP contribution < -0.4 is 10.1 Å². The second kappa shape index (κ2) is 8.70. The zero-order chi connectivity index (χ0) is 15.8. The Morgan fingerprint density at radius 1 is 1.50 bits per heavy atom. The summed E-state index contributed by atoms with van der Waals surface area (Å²) in [6.07, 6.45) is 0.607. The van der Waals surface area contributed by atoms with Crippen LogP contribution in [0.3, 0.4) is 0 Å². The SMILES string of the molecule is C[C@H](Sc1nncs1)C(=O)NCCCOc1ccccc1F. The van der Waals surface area contributed by atoms with E-state index in [9.17, 15) is 9.18 Å². The van der Waals surface area contributed by atoms with Crippen LogP contribution in [-0.2, 0) is 4.79 Å². The number of amides is 1. The van der Waals surface area contributed by atoms with Crippen LogP contribution in [0.25, 0.3) is 0 Å². The molecule has 8 heteroatoms. The third-order valence-electron chi connectivity index (χ3n) is 2.70. The summed E-state index contributed by atoms with van der Waals surface area (Å²) in [5, 5.41) is 10.2. The second-order valence-electron chi connectivity index (χ2n) is 4.39. The number of carbonyl (C=O) groups is 1. The molecule has 0 radical (unpaired) electrons. The fourth-order valence-corrected chi connectivity index (χ4v) is 3.24. The smallest absolute Gasteiger partial charge is 0.233 e. The number of para-hydroxylation sites is 1. The van der Waals surface area contributed by atoms with Crippen LogP contribution in [0.4, 0.5) is 4.39 Å². The molecule has 22 heavy (non-hydrogen) atoms. The van der Waals surface area contributed by atoms with Crippen LogP contribution in [0, 0.1) is 5.82 Å². The van der Waals surface area contributed by atoms with Crippen LogP contribution in [-0.4, -0.2) is 34.5 Å². The molecule has 1 heterocycles. The summed E-state index contributed by atoms with van der Waals surface area (Å²) in [6.45, 7) is 2.64. The number of nitrogens with zero attached hydrogens (tertiary/aromatic N) is 2. The van der Waals surface area contributed by atoms with Crippen molar-refractivity contribution in [1.82, 2.24) is 15.5 Å². The van der Waals surface area contributed by atoms with E-state index in [4.69, 9.17) is 4.74 Å². The van der Waals surface area contributed by atoms with Gasteiger partial charge in [-0.1, -0.05) is 35.2 Å². The first kappa shape index (κ1) is 16.7. The van der Waals surface area contributed by atoms with Crippen LogP contribution in [0.2, 0.25) is 0 Å². The highest BCUT2D eigenvalue weighted by Gasteiger charge is 2.15. The van der Waals surface area contributed by atoms with E-state index in [-0.39, 0.29) is 22.7 Å². The number of ether oxygens (including phenoxy) is 1. The highest BCUT2D eigenvalue weighted by atomic mass is 32.2. The number of aromatic nitrogens is 2. The Labute approximate surface area is 136 Å². The number of hydrogen-bond donors (Lipinski definition) is 1. The summed E-state index contributed by atoms with van der Waals surface area (Å²) in [6, 6.07) is 6.25. The lowest BCUT2D eigenvalue weighted by molar-refractivity contribution is -0.120. The molecule has 2 aromatic rings. The quantitative estimate of drug-likeness (QED) is 0.591. The van der Waals surface area contributed by atoms with Crippen LogP contribution in [0.1, 0.15) is 13.3 Å². The minimum absolute atomic E-state index is 0.0638. The van der Waals surface area contributed by atoms with Gasteiger partial charge in [0.2, 0.25) is 5.91 Å². The van der Waals surface area contributed by atoms with Crippen molar-refractivity contribution < 1.29 is 13.9 Å². The Kier molecular flexibility index (Phi) is 6.60. The molecule has 118 valence electrons. The van der Waals surface area contributed by atoms with Gasteiger partial charge in [0.1, 0.15) is 5.51 Å². The largest absolute Gasteiger partial charge is 0.490 e. The molecule has 1 aromatic heterocycles. The van der Waals surface area contributed by atoms with Crippen molar-refractivity contribution >= 4 is 29.0 Å². The Morgan fingerprint density at radius 2 is 2.32 bits per heavy atom. The molecule has 1 aromatic carbocycles. The zero-order valence-electron chi connectivity index (χ0n) is 12.0. The molecule has 0 fully saturated rings. The topological polar surface area (TPSA) is 64.1 Å². The van der Waals surface area contributed by atoms with E-state index < -0.39 is 0 Å². The maximum Gasteiger partial charge on any atom is 0.233 e. The van der Waals surface area contributed by atoms with Gasteiger partial charge in [-0.2, -0.15) is 0 Å². The summed E-state index contributed by atoms with van der Waals surface area (Å²) < 4.78 is 19.4. The number of thioether (sulfide) groups is 1. The van der Waals surface area contributed by atoms with Gasteiger partial charge >= 0.3 is 0 Å². The normalized spacial score (nSPS) is 11.9. The lowest BCUT2D eigenvalue weighted by Gasteiger charge is -2.11. The van der Waals surface area contributed by atoms with Gasteiger partial charge < -0.3 is 10.1 Å². The Balaban J connectivity index is 1.62. The molecule has 1 N–H and O–H groups in total. The average Bonchev–Trinajstić information content (AvgIpc) is 3.01. The molecule has 1 atom stereocenters. The number of nitrogens with one attached hydrogen (secondary N) is 1. The van der Waals surface area contributed by atoms with Gasteiger partial charge in [-0.3, -0.25) is 4.79 Å². The van der Waals surface area contributed by atoms with Crippen molar-refractivity contribution in [1.29, 1.82) is 0 Å². The standard InChI is InChI=1S/C14H16FN3O2S2/c1-10(22-14-18-17-9-21-14)13(19)16-7-4-8-20-12-6-3-2-5-11(12)15/h2-3,5-6,9-10H,4,7-8H2,1H3,(H,16,19)/t10-/m0/s1. The summed E-state index contributed by atoms with van der Waals surface area (Å²) >= 11 is 2.78. The van der Waals surface area contributed by atoms with E-state index in [2.05, 4.69) is 15.5 Å². The predicted octanol–water partition coefficient (Wildman–Crippen LogP) is 2.74. The van der Waals surface area contributed by atoms with Gasteiger partial charge in [0.25, 0.3) is 0 Å². The van der Waals surface area contributed by atoms with Gasteiger partial charge in [0.15, 0.2) is 15.9 Å². The molecule has 0 spiro atoms. The molecule has 0 saturated carbocycles. The molecule has 1 amide bonds. The van der Waals surface area contributed by atoms with Gasteiger partial charge in [0, 0.05) is 6.54 Å². The van der Waals surface area contributed by atoms with E-state index in [1.807, 2.05) is 6.92 Å². The summed E-state index contributed by atoms with van der Waals surface area (Å²) in [7, 11) is 0. The summed E-state index contributed by atoms with van der Waals surface area (Å²) in [5.41, 5.74) is 1.63. The van der Waals surface area contributed by atoms with Gasteiger partial charge in [-0.25, -0.2) is 4.39 Å². The average molecular weight is 341 g/mol. The van der Waals surface area contributed by atoms with Crippen molar-refractivity contribution in [3.8, 4) is 5.75 Å². The Morgan fingerprint density at radius 3 is 3.05 bits per heavy atom. The molecule has 5 nitrogen and oxygen atoms in total. The number of carbonyl (C=O) groups excluding carboxylic acids is 1. The van der Waals surface area contributed by atoms with Gasteiger partial charge in [0.05, 0.1) is 11.9 Å². The zero-order valence-corrected chi connectivity index (χ0v) is 13.6. The van der Waals surface area contributed by atoms with Gasteiger partial charge in [-0.15, -0.1) is 10.2 Å². The van der Waals surface area contributed by atoms with E-state index in [0.717, 1.165) is 4.34 Å². The maximum absolute atomic E-state index is 13.3. The van der Waals surface area contributed by atoms with Crippen LogP contribution in [0.15, 0.2) is 34.1 Å². The minimum atomic E-state index is -0.381. The molecule has 0 unspecified atom stereocenters. The third-order valence-corrected chi connectivity index (χ3v) is 4.61. The molecule has 0 aliphatic rings. The number of halogens is 1. The Hall–Kier alpha value is -1.67. The van der Waals surface area contributed by atoms with Crippen molar-refractivity contribution in [2.75, 3.05) is 13.2 Å². The van der Waals surface area contributed by atoms with Crippen molar-refractivity contribution in [2.24, 2.45) is 0 Å². The Bertz CT molecular complexity index is 596.